The number of rotatable bonds is 5. The van der Waals surface area contributed by atoms with Crippen LogP contribution in [-0.2, 0) is 4.79 Å². The van der Waals surface area contributed by atoms with E-state index in [1.165, 1.54) is 0 Å². The van der Waals surface area contributed by atoms with Crippen LogP contribution in [-0.4, -0.2) is 37.8 Å². The van der Waals surface area contributed by atoms with Crippen LogP contribution in [0.1, 0.15) is 18.4 Å². The molecule has 2 unspecified atom stereocenters. The topological polar surface area (TPSA) is 50.4 Å². The molecule has 0 fully saturated rings. The van der Waals surface area contributed by atoms with E-state index in [-0.39, 0.29) is 18.5 Å². The number of nitrogens with one attached hydrogen (secondary N) is 2. The number of halogens is 3. The molecular weight excluding hydrogens is 285 g/mol. The van der Waals surface area contributed by atoms with Gasteiger partial charge >= 0.3 is 6.18 Å². The molecule has 0 saturated heterocycles. The summed E-state index contributed by atoms with van der Waals surface area (Å²) in [6.07, 6.45) is -4.39. The van der Waals surface area contributed by atoms with Gasteiger partial charge in [-0.05, 0) is 13.0 Å². The number of carbonyl (C=O) groups excluding carboxylic acids is 1. The first-order valence-electron chi connectivity index (χ1n) is 6.65. The van der Waals surface area contributed by atoms with Gasteiger partial charge in [0.1, 0.15) is 12.3 Å². The van der Waals surface area contributed by atoms with Crippen LogP contribution in [0.5, 0.6) is 5.75 Å². The van der Waals surface area contributed by atoms with E-state index in [1.54, 1.807) is 0 Å². The Morgan fingerprint density at radius 3 is 2.86 bits per heavy atom. The highest BCUT2D eigenvalue weighted by molar-refractivity contribution is 5.78. The van der Waals surface area contributed by atoms with E-state index in [0.29, 0.717) is 6.61 Å². The predicted octanol–water partition coefficient (Wildman–Crippen LogP) is 1.82. The Morgan fingerprint density at radius 1 is 1.43 bits per heavy atom. The number of fused-ring (bicyclic) bond motifs is 1. The van der Waals surface area contributed by atoms with Crippen LogP contribution in [0.15, 0.2) is 24.3 Å². The summed E-state index contributed by atoms with van der Waals surface area (Å²) in [6.45, 7) is 0.915. The van der Waals surface area contributed by atoms with E-state index in [2.05, 4.69) is 5.32 Å². The number of hydrogen-bond donors (Lipinski definition) is 2. The van der Waals surface area contributed by atoms with Crippen LogP contribution in [0, 0.1) is 0 Å². The number of amides is 1. The number of hydrogen-bond acceptors (Lipinski definition) is 3. The average Bonchev–Trinajstić information content (AvgIpc) is 2.85. The second kappa shape index (κ2) is 6.34. The quantitative estimate of drug-likeness (QED) is 0.872. The maximum Gasteiger partial charge on any atom is 0.405 e. The molecule has 0 aromatic heterocycles. The number of ether oxygens (including phenoxy) is 1. The number of benzene rings is 1. The molecule has 2 N–H and O–H groups in total. The summed E-state index contributed by atoms with van der Waals surface area (Å²) in [5, 5.41) is 4.77. The standard InChI is InChI=1S/C14H17F3N2O2/c1-9(18-6-13(20)19-8-14(15,16)17)11-7-21-12-5-3-2-4-10(11)12/h2-5,9,11,18H,6-8H2,1H3,(H,19,20). The highest BCUT2D eigenvalue weighted by atomic mass is 19.4. The fraction of sp³-hybridized carbons (Fsp3) is 0.500. The molecule has 116 valence electrons. The van der Waals surface area contributed by atoms with Crippen LogP contribution in [0.4, 0.5) is 13.2 Å². The van der Waals surface area contributed by atoms with Crippen molar-refractivity contribution in [2.24, 2.45) is 0 Å². The Labute approximate surface area is 120 Å². The second-order valence-corrected chi connectivity index (χ2v) is 5.02. The summed E-state index contributed by atoms with van der Waals surface area (Å²) in [7, 11) is 0. The van der Waals surface area contributed by atoms with E-state index in [0.717, 1.165) is 11.3 Å². The Bertz CT molecular complexity index is 505. The fourth-order valence-corrected chi connectivity index (χ4v) is 2.26. The number of alkyl halides is 3. The van der Waals surface area contributed by atoms with Gasteiger partial charge in [-0.2, -0.15) is 13.2 Å². The minimum atomic E-state index is -4.39. The molecule has 7 heteroatoms. The lowest BCUT2D eigenvalue weighted by molar-refractivity contribution is -0.137. The minimum Gasteiger partial charge on any atom is -0.493 e. The van der Waals surface area contributed by atoms with Crippen molar-refractivity contribution >= 4 is 5.91 Å². The predicted molar refractivity (Wildman–Crippen MR) is 71.2 cm³/mol. The fourth-order valence-electron chi connectivity index (χ4n) is 2.26. The van der Waals surface area contributed by atoms with Gasteiger partial charge in [-0.3, -0.25) is 4.79 Å². The van der Waals surface area contributed by atoms with E-state index < -0.39 is 18.6 Å². The van der Waals surface area contributed by atoms with Gasteiger partial charge in [-0.1, -0.05) is 18.2 Å². The van der Waals surface area contributed by atoms with Gasteiger partial charge in [-0.25, -0.2) is 0 Å². The first-order valence-corrected chi connectivity index (χ1v) is 6.65. The van der Waals surface area contributed by atoms with E-state index in [4.69, 9.17) is 4.74 Å². The Morgan fingerprint density at radius 2 is 2.14 bits per heavy atom. The SMILES string of the molecule is CC(NCC(=O)NCC(F)(F)F)C1COc2ccccc21. The van der Waals surface area contributed by atoms with Crippen molar-refractivity contribution in [3.63, 3.8) is 0 Å². The lowest BCUT2D eigenvalue weighted by atomic mass is 9.94. The van der Waals surface area contributed by atoms with Crippen LogP contribution < -0.4 is 15.4 Å². The van der Waals surface area contributed by atoms with Gasteiger partial charge in [0.15, 0.2) is 0 Å². The molecule has 1 aliphatic heterocycles. The van der Waals surface area contributed by atoms with Crippen molar-refractivity contribution in [1.82, 2.24) is 10.6 Å². The van der Waals surface area contributed by atoms with Crippen LogP contribution >= 0.6 is 0 Å². The van der Waals surface area contributed by atoms with Gasteiger partial charge in [0.2, 0.25) is 5.91 Å². The zero-order chi connectivity index (χ0) is 15.5. The molecule has 0 aliphatic carbocycles. The largest absolute Gasteiger partial charge is 0.493 e. The van der Waals surface area contributed by atoms with Gasteiger partial charge in [0, 0.05) is 17.5 Å². The Hall–Kier alpha value is -1.76. The molecule has 0 bridgehead atoms. The summed E-state index contributed by atoms with van der Waals surface area (Å²) in [6, 6.07) is 7.53. The summed E-state index contributed by atoms with van der Waals surface area (Å²) in [5.74, 6) is 0.223. The molecule has 0 radical (unpaired) electrons. The molecular formula is C14H17F3N2O2. The minimum absolute atomic E-state index is 0.0784. The zero-order valence-electron chi connectivity index (χ0n) is 11.5. The highest BCUT2D eigenvalue weighted by Crippen LogP contribution is 2.35. The van der Waals surface area contributed by atoms with Gasteiger partial charge in [-0.15, -0.1) is 0 Å². The number of carbonyl (C=O) groups is 1. The molecule has 1 amide bonds. The third kappa shape index (κ3) is 4.35. The van der Waals surface area contributed by atoms with E-state index in [1.807, 2.05) is 36.5 Å². The lowest BCUT2D eigenvalue weighted by Crippen LogP contribution is -2.43. The van der Waals surface area contributed by atoms with Gasteiger partial charge in [0.25, 0.3) is 0 Å². The van der Waals surface area contributed by atoms with Crippen molar-refractivity contribution in [1.29, 1.82) is 0 Å². The van der Waals surface area contributed by atoms with Crippen LogP contribution in [0.2, 0.25) is 0 Å². The first-order chi connectivity index (χ1) is 9.87. The summed E-state index contributed by atoms with van der Waals surface area (Å²) in [4.78, 5) is 11.3. The molecule has 0 saturated carbocycles. The Kier molecular flexibility index (Phi) is 4.72. The second-order valence-electron chi connectivity index (χ2n) is 5.02. The third-order valence-electron chi connectivity index (χ3n) is 3.41. The maximum absolute atomic E-state index is 12.0. The van der Waals surface area contributed by atoms with Crippen LogP contribution in [0.3, 0.4) is 0 Å². The summed E-state index contributed by atoms with van der Waals surface area (Å²) in [5.41, 5.74) is 1.05. The van der Waals surface area contributed by atoms with Crippen molar-refractivity contribution in [2.45, 2.75) is 25.1 Å². The molecule has 0 spiro atoms. The van der Waals surface area contributed by atoms with E-state index >= 15 is 0 Å². The smallest absolute Gasteiger partial charge is 0.405 e. The van der Waals surface area contributed by atoms with Crippen molar-refractivity contribution in [3.05, 3.63) is 29.8 Å². The molecule has 2 atom stereocenters. The first kappa shape index (κ1) is 15.6. The van der Waals surface area contributed by atoms with Crippen molar-refractivity contribution < 1.29 is 22.7 Å². The number of para-hydroxylation sites is 1. The molecule has 2 rings (SSSR count). The van der Waals surface area contributed by atoms with E-state index in [9.17, 15) is 18.0 Å². The molecule has 1 heterocycles. The molecule has 1 aliphatic rings. The maximum atomic E-state index is 12.0. The van der Waals surface area contributed by atoms with Crippen molar-refractivity contribution in [3.8, 4) is 5.75 Å². The summed E-state index contributed by atoms with van der Waals surface area (Å²) >= 11 is 0. The molecule has 4 nitrogen and oxygen atoms in total. The molecule has 1 aromatic rings. The average molecular weight is 302 g/mol. The molecule has 21 heavy (non-hydrogen) atoms. The van der Waals surface area contributed by atoms with Gasteiger partial charge < -0.3 is 15.4 Å². The summed E-state index contributed by atoms with van der Waals surface area (Å²) < 4.78 is 41.5. The highest BCUT2D eigenvalue weighted by Gasteiger charge is 2.30. The van der Waals surface area contributed by atoms with Gasteiger partial charge in [0.05, 0.1) is 13.2 Å². The monoisotopic (exact) mass is 302 g/mol. The van der Waals surface area contributed by atoms with Crippen molar-refractivity contribution in [2.75, 3.05) is 19.7 Å². The lowest BCUT2D eigenvalue weighted by Gasteiger charge is -2.19. The van der Waals surface area contributed by atoms with Crippen LogP contribution in [0.25, 0.3) is 0 Å². The normalized spacial score (nSPS) is 18.8. The molecule has 1 aromatic carbocycles. The third-order valence-corrected chi connectivity index (χ3v) is 3.41. The zero-order valence-corrected chi connectivity index (χ0v) is 11.5. The Balaban J connectivity index is 1.81.